The first kappa shape index (κ1) is 25.4. The summed E-state index contributed by atoms with van der Waals surface area (Å²) in [6, 6.07) is 7.52. The normalized spacial score (nSPS) is 19.1. The first-order chi connectivity index (χ1) is 14.9. The zero-order valence-electron chi connectivity index (χ0n) is 18.1. The van der Waals surface area contributed by atoms with Gasteiger partial charge in [0.05, 0.1) is 17.5 Å². The number of likely N-dealkylation sites (N-methyl/N-ethyl adjacent to an activating group) is 2. The van der Waals surface area contributed by atoms with Gasteiger partial charge in [0.1, 0.15) is 11.9 Å². The van der Waals surface area contributed by atoms with E-state index in [-0.39, 0.29) is 18.6 Å². The van der Waals surface area contributed by atoms with Gasteiger partial charge in [0.2, 0.25) is 5.91 Å². The van der Waals surface area contributed by atoms with Crippen LogP contribution in [0.1, 0.15) is 5.56 Å². The Bertz CT molecular complexity index is 778. The second kappa shape index (κ2) is 13.5. The predicted molar refractivity (Wildman–Crippen MR) is 129 cm³/mol. The monoisotopic (exact) mass is 542 g/mol. The molecule has 0 bridgehead atoms. The van der Waals surface area contributed by atoms with E-state index in [4.69, 9.17) is 4.74 Å². The van der Waals surface area contributed by atoms with Gasteiger partial charge in [-0.1, -0.05) is 34.4 Å². The molecule has 0 saturated carbocycles. The number of carboxylic acid groups (broad SMARTS) is 1. The third kappa shape index (κ3) is 10.3. The van der Waals surface area contributed by atoms with E-state index in [0.29, 0.717) is 30.6 Å². The predicted octanol–water partition coefficient (Wildman–Crippen LogP) is 0.601. The Labute approximate surface area is 198 Å². The molecule has 8 nitrogen and oxygen atoms in total. The summed E-state index contributed by atoms with van der Waals surface area (Å²) in [6.45, 7) is 4.94. The van der Waals surface area contributed by atoms with Crippen LogP contribution in [0.3, 0.4) is 0 Å². The fourth-order valence-corrected chi connectivity index (χ4v) is 3.47. The third-order valence-corrected chi connectivity index (χ3v) is 5.58. The molecular weight excluding hydrogens is 511 g/mol. The van der Waals surface area contributed by atoms with Gasteiger partial charge >= 0.3 is 5.97 Å². The van der Waals surface area contributed by atoms with E-state index in [9.17, 15) is 14.7 Å². The van der Waals surface area contributed by atoms with Crippen molar-refractivity contribution in [1.29, 1.82) is 0 Å². The molecule has 2 N–H and O–H groups in total. The number of amides is 1. The second-order valence-electron chi connectivity index (χ2n) is 7.67. The summed E-state index contributed by atoms with van der Waals surface area (Å²) in [5, 5.41) is 12.0. The fraction of sp³-hybridized carbons (Fsp3) is 0.545. The summed E-state index contributed by atoms with van der Waals surface area (Å²) < 4.78 is 6.65. The average molecular weight is 542 g/mol. The summed E-state index contributed by atoms with van der Waals surface area (Å²) in [5.74, 6) is 5.82. The number of hydrogen-bond acceptors (Lipinski definition) is 6. The number of ether oxygens (including phenoxy) is 1. The number of nitrogens with one attached hydrogen (secondary N) is 1. The molecule has 9 heteroatoms. The van der Waals surface area contributed by atoms with Crippen molar-refractivity contribution < 1.29 is 19.4 Å². The first-order valence-corrected chi connectivity index (χ1v) is 11.8. The lowest BCUT2D eigenvalue weighted by Gasteiger charge is -2.33. The van der Waals surface area contributed by atoms with Gasteiger partial charge in [-0.05, 0) is 38.4 Å². The SMILES string of the molecule is CN1CCN(C)CC(Oc2ccc(C#CCNC(=O)CI)cc2)CN(CC(=O)O)CC1. The molecule has 0 radical (unpaired) electrons. The highest BCUT2D eigenvalue weighted by Crippen LogP contribution is 2.15. The largest absolute Gasteiger partial charge is 0.488 e. The molecule has 0 aromatic heterocycles. The number of carbonyl (C=O) groups excluding carboxylic acids is 1. The van der Waals surface area contributed by atoms with Gasteiger partial charge in [-0.25, -0.2) is 0 Å². The summed E-state index contributed by atoms with van der Waals surface area (Å²) in [5.41, 5.74) is 0.842. The topological polar surface area (TPSA) is 85.4 Å². The lowest BCUT2D eigenvalue weighted by Crippen LogP contribution is -2.49. The Morgan fingerprint density at radius 3 is 2.48 bits per heavy atom. The molecule has 1 saturated heterocycles. The Morgan fingerprint density at radius 1 is 1.13 bits per heavy atom. The number of hydrogen-bond donors (Lipinski definition) is 2. The molecule has 1 aromatic carbocycles. The van der Waals surface area contributed by atoms with Crippen LogP contribution in [0.2, 0.25) is 0 Å². The van der Waals surface area contributed by atoms with Crippen LogP contribution >= 0.6 is 22.6 Å². The maximum absolute atomic E-state index is 11.3. The summed E-state index contributed by atoms with van der Waals surface area (Å²) >= 11 is 2.01. The molecule has 1 atom stereocenters. The molecule has 2 rings (SSSR count). The zero-order valence-corrected chi connectivity index (χ0v) is 20.3. The van der Waals surface area contributed by atoms with E-state index < -0.39 is 5.97 Å². The molecule has 1 aliphatic heterocycles. The zero-order chi connectivity index (χ0) is 22.6. The van der Waals surface area contributed by atoms with Gasteiger partial charge in [-0.15, -0.1) is 0 Å². The van der Waals surface area contributed by atoms with Crippen LogP contribution in [-0.2, 0) is 9.59 Å². The minimum atomic E-state index is -0.829. The number of carbonyl (C=O) groups is 2. The molecule has 170 valence electrons. The smallest absolute Gasteiger partial charge is 0.317 e. The van der Waals surface area contributed by atoms with Crippen molar-refractivity contribution in [2.24, 2.45) is 0 Å². The standard InChI is InChI=1S/C22H31IN4O4/c1-25-10-11-26(2)15-20(16-27(13-12-25)17-22(29)30)31-19-7-5-18(6-8-19)4-3-9-24-21(28)14-23/h5-8,20H,9-17H2,1-2H3,(H,24,28)(H,29,30). The maximum Gasteiger partial charge on any atom is 0.317 e. The van der Waals surface area contributed by atoms with Crippen LogP contribution in [0.15, 0.2) is 24.3 Å². The van der Waals surface area contributed by atoms with E-state index >= 15 is 0 Å². The number of carboxylic acids is 1. The molecule has 31 heavy (non-hydrogen) atoms. The molecule has 1 aromatic rings. The Balaban J connectivity index is 2.00. The lowest BCUT2D eigenvalue weighted by molar-refractivity contribution is -0.138. The van der Waals surface area contributed by atoms with E-state index in [1.807, 2.05) is 51.8 Å². The Hall–Kier alpha value is -1.87. The maximum atomic E-state index is 11.3. The number of nitrogens with zero attached hydrogens (tertiary/aromatic N) is 3. The van der Waals surface area contributed by atoms with E-state index in [0.717, 1.165) is 30.9 Å². The number of rotatable bonds is 6. The number of halogens is 1. The number of benzene rings is 1. The van der Waals surface area contributed by atoms with Crippen LogP contribution in [0.25, 0.3) is 0 Å². The van der Waals surface area contributed by atoms with Crippen molar-refractivity contribution in [2.75, 3.05) is 70.9 Å². The van der Waals surface area contributed by atoms with E-state index in [2.05, 4.69) is 41.1 Å². The van der Waals surface area contributed by atoms with Crippen molar-refractivity contribution in [2.45, 2.75) is 6.10 Å². The van der Waals surface area contributed by atoms with E-state index in [1.54, 1.807) is 0 Å². The third-order valence-electron chi connectivity index (χ3n) is 4.88. The van der Waals surface area contributed by atoms with Gasteiger partial charge in [0.15, 0.2) is 0 Å². The van der Waals surface area contributed by atoms with Crippen LogP contribution < -0.4 is 10.1 Å². The highest BCUT2D eigenvalue weighted by molar-refractivity contribution is 14.1. The molecular formula is C22H31IN4O4. The molecule has 1 aliphatic rings. The molecule has 1 unspecified atom stereocenters. The van der Waals surface area contributed by atoms with Crippen molar-refractivity contribution >= 4 is 34.5 Å². The van der Waals surface area contributed by atoms with Crippen LogP contribution in [-0.4, -0.2) is 109 Å². The molecule has 0 aliphatic carbocycles. The Kier molecular flexibility index (Phi) is 11.1. The molecule has 0 spiro atoms. The van der Waals surface area contributed by atoms with Crippen LogP contribution in [0.5, 0.6) is 5.75 Å². The van der Waals surface area contributed by atoms with Crippen molar-refractivity contribution in [3.63, 3.8) is 0 Å². The van der Waals surface area contributed by atoms with Gasteiger partial charge < -0.3 is 25.0 Å². The van der Waals surface area contributed by atoms with Crippen molar-refractivity contribution in [3.05, 3.63) is 29.8 Å². The average Bonchev–Trinajstić information content (AvgIpc) is 2.73. The van der Waals surface area contributed by atoms with Crippen molar-refractivity contribution in [1.82, 2.24) is 20.0 Å². The van der Waals surface area contributed by atoms with E-state index in [1.165, 1.54) is 0 Å². The quantitative estimate of drug-likeness (QED) is 0.310. The van der Waals surface area contributed by atoms with Gasteiger partial charge in [0.25, 0.3) is 0 Å². The molecule has 1 heterocycles. The molecule has 1 amide bonds. The number of alkyl halides is 1. The lowest BCUT2D eigenvalue weighted by atomic mass is 10.2. The fourth-order valence-electron chi connectivity index (χ4n) is 3.20. The van der Waals surface area contributed by atoms with Gasteiger partial charge in [0, 0.05) is 44.8 Å². The summed E-state index contributed by atoms with van der Waals surface area (Å²) in [7, 11) is 4.12. The Morgan fingerprint density at radius 2 is 1.81 bits per heavy atom. The van der Waals surface area contributed by atoms with Crippen LogP contribution in [0.4, 0.5) is 0 Å². The van der Waals surface area contributed by atoms with Crippen LogP contribution in [0, 0.1) is 11.8 Å². The van der Waals surface area contributed by atoms with Crippen molar-refractivity contribution in [3.8, 4) is 17.6 Å². The number of aliphatic carboxylic acids is 1. The minimum absolute atomic E-state index is 0.0000383. The highest BCUT2D eigenvalue weighted by atomic mass is 127. The summed E-state index contributed by atoms with van der Waals surface area (Å²) in [6.07, 6.45) is -0.145. The minimum Gasteiger partial charge on any atom is -0.488 e. The molecule has 1 fully saturated rings. The van der Waals surface area contributed by atoms with Gasteiger partial charge in [-0.2, -0.15) is 0 Å². The second-order valence-corrected chi connectivity index (χ2v) is 8.43. The summed E-state index contributed by atoms with van der Waals surface area (Å²) in [4.78, 5) is 28.9. The van der Waals surface area contributed by atoms with Gasteiger partial charge in [-0.3, -0.25) is 14.5 Å². The first-order valence-electron chi connectivity index (χ1n) is 10.2. The highest BCUT2D eigenvalue weighted by Gasteiger charge is 2.21.